The molecule has 1 unspecified atom stereocenters. The number of nitrogens with one attached hydrogen (secondary N) is 2. The van der Waals surface area contributed by atoms with E-state index in [0.717, 1.165) is 0 Å². The second kappa shape index (κ2) is 10.2. The number of amides is 3. The van der Waals surface area contributed by atoms with Crippen LogP contribution in [-0.4, -0.2) is 31.9 Å². The molecule has 0 bridgehead atoms. The topological polar surface area (TPSA) is 146 Å². The molecule has 0 radical (unpaired) electrons. The molecule has 0 aliphatic heterocycles. The van der Waals surface area contributed by atoms with E-state index in [4.69, 9.17) is 20.9 Å². The van der Waals surface area contributed by atoms with Crippen LogP contribution in [0.4, 0.5) is 21.9 Å². The third-order valence-corrected chi connectivity index (χ3v) is 5.82. The van der Waals surface area contributed by atoms with Gasteiger partial charge in [0.2, 0.25) is 5.91 Å². The largest absolute Gasteiger partial charge is 0.493 e. The first-order valence-electron chi connectivity index (χ1n) is 10.7. The highest BCUT2D eigenvalue weighted by Crippen LogP contribution is 2.40. The van der Waals surface area contributed by atoms with Crippen LogP contribution in [0.1, 0.15) is 35.3 Å². The lowest BCUT2D eigenvalue weighted by atomic mass is 9.73. The molecule has 0 aliphatic carbocycles. The fraction of sp³-hybridized carbons (Fsp3) is 0.192. The summed E-state index contributed by atoms with van der Waals surface area (Å²) in [6.07, 6.45) is 0. The van der Waals surface area contributed by atoms with Crippen molar-refractivity contribution in [2.24, 2.45) is 5.73 Å². The minimum Gasteiger partial charge on any atom is -0.493 e. The summed E-state index contributed by atoms with van der Waals surface area (Å²) in [6.45, 7) is 3.04. The molecular formula is C26H28N4O5. The van der Waals surface area contributed by atoms with Crippen molar-refractivity contribution in [3.05, 3.63) is 77.4 Å². The van der Waals surface area contributed by atoms with Crippen LogP contribution in [0.5, 0.6) is 11.5 Å². The molecule has 0 saturated carbocycles. The number of carbonyl (C=O) groups excluding carboxylic acids is 3. The van der Waals surface area contributed by atoms with E-state index < -0.39 is 17.4 Å². The maximum atomic E-state index is 12.8. The fourth-order valence-electron chi connectivity index (χ4n) is 3.76. The van der Waals surface area contributed by atoms with Gasteiger partial charge in [0.25, 0.3) is 0 Å². The molecule has 0 aliphatic rings. The number of ketones is 1. The van der Waals surface area contributed by atoms with Crippen molar-refractivity contribution in [1.29, 1.82) is 0 Å². The molecular weight excluding hydrogens is 448 g/mol. The van der Waals surface area contributed by atoms with Crippen molar-refractivity contribution in [2.45, 2.75) is 19.3 Å². The number of hydrogen-bond donors (Lipinski definition) is 4. The molecule has 0 spiro atoms. The summed E-state index contributed by atoms with van der Waals surface area (Å²) in [4.78, 5) is 37.6. The van der Waals surface area contributed by atoms with Crippen LogP contribution < -0.4 is 31.6 Å². The lowest BCUT2D eigenvalue weighted by Crippen LogP contribution is -2.40. The molecule has 3 rings (SSSR count). The third-order valence-electron chi connectivity index (χ3n) is 5.82. The van der Waals surface area contributed by atoms with Crippen LogP contribution in [0.2, 0.25) is 0 Å². The van der Waals surface area contributed by atoms with Gasteiger partial charge in [-0.15, -0.1) is 0 Å². The van der Waals surface area contributed by atoms with Gasteiger partial charge < -0.3 is 31.6 Å². The van der Waals surface area contributed by atoms with Gasteiger partial charge in [-0.25, -0.2) is 4.79 Å². The van der Waals surface area contributed by atoms with Gasteiger partial charge in [0.05, 0.1) is 19.6 Å². The minimum absolute atomic E-state index is 0.258. The van der Waals surface area contributed by atoms with E-state index in [1.807, 2.05) is 0 Å². The van der Waals surface area contributed by atoms with Gasteiger partial charge in [0.1, 0.15) is 0 Å². The van der Waals surface area contributed by atoms with Crippen molar-refractivity contribution in [3.63, 3.8) is 0 Å². The molecule has 35 heavy (non-hydrogen) atoms. The molecule has 3 aromatic rings. The minimum atomic E-state index is -1.37. The lowest BCUT2D eigenvalue weighted by molar-refractivity contribution is -0.121. The Morgan fingerprint density at radius 1 is 0.829 bits per heavy atom. The zero-order chi connectivity index (χ0) is 25.8. The first kappa shape index (κ1) is 25.1. The Kier molecular flexibility index (Phi) is 7.29. The highest BCUT2D eigenvalue weighted by atomic mass is 16.5. The van der Waals surface area contributed by atoms with Gasteiger partial charge in [-0.1, -0.05) is 12.1 Å². The van der Waals surface area contributed by atoms with Crippen LogP contribution >= 0.6 is 0 Å². The number of hydrogen-bond acceptors (Lipinski definition) is 6. The number of anilines is 3. The molecule has 9 nitrogen and oxygen atoms in total. The number of primary amides is 1. The normalized spacial score (nSPS) is 12.2. The molecule has 0 saturated heterocycles. The van der Waals surface area contributed by atoms with Crippen molar-refractivity contribution in [3.8, 4) is 11.5 Å². The summed E-state index contributed by atoms with van der Waals surface area (Å²) in [5, 5.41) is 5.43. The van der Waals surface area contributed by atoms with Crippen LogP contribution in [0.3, 0.4) is 0 Å². The van der Waals surface area contributed by atoms with Crippen LogP contribution in [0.25, 0.3) is 0 Å². The predicted molar refractivity (Wildman–Crippen MR) is 135 cm³/mol. The standard InChI is InChI=1S/C26H28N4O5/c1-15(31)20-13-22(34-3)23(35-4)14-21(20)26(2,24(28)32)16-5-9-18(10-6-16)29-25(33)30-19-11-7-17(27)8-12-19/h5-14H,27H2,1-4H3,(H2,28,32)(H2,29,30,33). The van der Waals surface area contributed by atoms with E-state index >= 15 is 0 Å². The monoisotopic (exact) mass is 476 g/mol. The number of Topliss-reactive ketones (excluding diaryl/α,β-unsaturated/α-hetero) is 1. The van der Waals surface area contributed by atoms with Crippen LogP contribution in [0, 0.1) is 0 Å². The SMILES string of the molecule is COc1cc(C(C)=O)c(C(C)(C(N)=O)c2ccc(NC(=O)Nc3ccc(N)cc3)cc2)cc1OC. The van der Waals surface area contributed by atoms with E-state index in [-0.39, 0.29) is 11.3 Å². The summed E-state index contributed by atoms with van der Waals surface area (Å²) in [7, 11) is 2.93. The molecule has 0 aromatic heterocycles. The Bertz CT molecular complexity index is 1260. The van der Waals surface area contributed by atoms with Gasteiger partial charge in [-0.3, -0.25) is 9.59 Å². The van der Waals surface area contributed by atoms with E-state index in [1.165, 1.54) is 27.2 Å². The summed E-state index contributed by atoms with van der Waals surface area (Å²) >= 11 is 0. The average Bonchev–Trinajstić information content (AvgIpc) is 2.84. The Morgan fingerprint density at radius 2 is 1.31 bits per heavy atom. The molecule has 0 fully saturated rings. The van der Waals surface area contributed by atoms with Crippen molar-refractivity contribution in [1.82, 2.24) is 0 Å². The summed E-state index contributed by atoms with van der Waals surface area (Å²) in [6, 6.07) is 16.0. The second-order valence-electron chi connectivity index (χ2n) is 8.08. The number of carbonyl (C=O) groups is 3. The Hall–Kier alpha value is -4.53. The number of methoxy groups -OCH3 is 2. The molecule has 182 valence electrons. The summed E-state index contributed by atoms with van der Waals surface area (Å²) in [5.41, 5.74) is 13.0. The Morgan fingerprint density at radius 3 is 1.77 bits per heavy atom. The fourth-order valence-corrected chi connectivity index (χ4v) is 3.76. The van der Waals surface area contributed by atoms with E-state index in [2.05, 4.69) is 10.6 Å². The number of nitrogen functional groups attached to an aromatic ring is 1. The Labute approximate surface area is 203 Å². The van der Waals surface area contributed by atoms with Crippen LogP contribution in [0.15, 0.2) is 60.7 Å². The van der Waals surface area contributed by atoms with E-state index in [1.54, 1.807) is 61.5 Å². The number of benzene rings is 3. The third kappa shape index (κ3) is 5.19. The zero-order valence-electron chi connectivity index (χ0n) is 20.0. The Balaban J connectivity index is 1.94. The van der Waals surface area contributed by atoms with Gasteiger partial charge in [0.15, 0.2) is 17.3 Å². The smallest absolute Gasteiger partial charge is 0.323 e. The highest BCUT2D eigenvalue weighted by molar-refractivity contribution is 6.02. The zero-order valence-corrected chi connectivity index (χ0v) is 20.0. The van der Waals surface area contributed by atoms with E-state index in [9.17, 15) is 14.4 Å². The van der Waals surface area contributed by atoms with E-state index in [0.29, 0.717) is 39.7 Å². The summed E-state index contributed by atoms with van der Waals surface area (Å²) < 4.78 is 10.7. The molecule has 3 amide bonds. The van der Waals surface area contributed by atoms with Gasteiger partial charge >= 0.3 is 6.03 Å². The van der Waals surface area contributed by atoms with Crippen molar-refractivity contribution >= 4 is 34.8 Å². The second-order valence-corrected chi connectivity index (χ2v) is 8.08. The molecule has 6 N–H and O–H groups in total. The average molecular weight is 477 g/mol. The quantitative estimate of drug-likeness (QED) is 0.286. The first-order chi connectivity index (χ1) is 16.6. The number of rotatable bonds is 8. The molecule has 3 aromatic carbocycles. The maximum absolute atomic E-state index is 12.8. The summed E-state index contributed by atoms with van der Waals surface area (Å²) in [5.74, 6) is -0.197. The number of nitrogens with two attached hydrogens (primary N) is 2. The van der Waals surface area contributed by atoms with Crippen molar-refractivity contribution < 1.29 is 23.9 Å². The lowest BCUT2D eigenvalue weighted by Gasteiger charge is -2.30. The maximum Gasteiger partial charge on any atom is 0.323 e. The first-order valence-corrected chi connectivity index (χ1v) is 10.7. The van der Waals surface area contributed by atoms with Gasteiger partial charge in [-0.05, 0) is 73.5 Å². The molecule has 0 heterocycles. The van der Waals surface area contributed by atoms with Crippen molar-refractivity contribution in [2.75, 3.05) is 30.6 Å². The van der Waals surface area contributed by atoms with Gasteiger partial charge in [0, 0.05) is 22.6 Å². The number of ether oxygens (including phenoxy) is 2. The van der Waals surface area contributed by atoms with Crippen LogP contribution in [-0.2, 0) is 10.2 Å². The number of urea groups is 1. The highest BCUT2D eigenvalue weighted by Gasteiger charge is 2.39. The molecule has 1 atom stereocenters. The van der Waals surface area contributed by atoms with Gasteiger partial charge in [-0.2, -0.15) is 0 Å². The predicted octanol–water partition coefficient (Wildman–Crippen LogP) is 3.92. The molecule has 9 heteroatoms.